The van der Waals surface area contributed by atoms with Crippen molar-refractivity contribution < 1.29 is 22.7 Å². The zero-order valence-corrected chi connectivity index (χ0v) is 17.8. The summed E-state index contributed by atoms with van der Waals surface area (Å²) in [5.74, 6) is 0.0759. The number of ether oxygens (including phenoxy) is 2. The van der Waals surface area contributed by atoms with Crippen molar-refractivity contribution in [2.75, 3.05) is 13.2 Å². The number of aryl methyl sites for hydroxylation is 1. The smallest absolute Gasteiger partial charge is 0.264 e. The molecule has 3 aromatic rings. The lowest BCUT2D eigenvalue weighted by Gasteiger charge is -2.29. The average Bonchev–Trinajstić information content (AvgIpc) is 3.53. The molecule has 2 aromatic carbocycles. The highest BCUT2D eigenvalue weighted by Gasteiger charge is 2.54. The second-order valence-corrected chi connectivity index (χ2v) is 9.77. The molecule has 0 radical (unpaired) electrons. The van der Waals surface area contributed by atoms with Gasteiger partial charge in [0.15, 0.2) is 0 Å². The molecule has 8 heteroatoms. The minimum Gasteiger partial charge on any atom is -0.485 e. The van der Waals surface area contributed by atoms with Gasteiger partial charge in [-0.2, -0.15) is 0 Å². The van der Waals surface area contributed by atoms with Crippen LogP contribution in [0.3, 0.4) is 0 Å². The standard InChI is InChI=1S/C23H22N2O5S/c1-15-7-8-20(30-16-13-29-14-16)18(12-15)23(9-10-23)22(26)25-31(27,28)21-6-2-5-19-17(21)4-3-11-24-19/h2-8,11-12,16H,9-10,13-14H2,1H3,(H,25,26). The van der Waals surface area contributed by atoms with Gasteiger partial charge in [0.2, 0.25) is 5.91 Å². The predicted molar refractivity (Wildman–Crippen MR) is 114 cm³/mol. The zero-order chi connectivity index (χ0) is 21.6. The van der Waals surface area contributed by atoms with Crippen LogP contribution in [-0.2, 0) is 25.0 Å². The van der Waals surface area contributed by atoms with Crippen molar-refractivity contribution in [3.63, 3.8) is 0 Å². The van der Waals surface area contributed by atoms with Crippen molar-refractivity contribution in [1.29, 1.82) is 0 Å². The number of fused-ring (bicyclic) bond motifs is 1. The van der Waals surface area contributed by atoms with Gasteiger partial charge in [0.1, 0.15) is 11.9 Å². The van der Waals surface area contributed by atoms with E-state index in [4.69, 9.17) is 9.47 Å². The summed E-state index contributed by atoms with van der Waals surface area (Å²) in [7, 11) is -4.08. The Labute approximate surface area is 180 Å². The van der Waals surface area contributed by atoms with Crippen LogP contribution >= 0.6 is 0 Å². The molecule has 7 nitrogen and oxygen atoms in total. The van der Waals surface area contributed by atoms with Gasteiger partial charge in [0, 0.05) is 17.1 Å². The van der Waals surface area contributed by atoms with E-state index < -0.39 is 21.3 Å². The van der Waals surface area contributed by atoms with Crippen molar-refractivity contribution in [3.05, 3.63) is 65.9 Å². The lowest BCUT2D eigenvalue weighted by Crippen LogP contribution is -2.41. The van der Waals surface area contributed by atoms with Crippen LogP contribution in [0, 0.1) is 6.92 Å². The summed E-state index contributed by atoms with van der Waals surface area (Å²) in [4.78, 5) is 17.5. The summed E-state index contributed by atoms with van der Waals surface area (Å²) in [6.07, 6.45) is 2.68. The third-order valence-corrected chi connectivity index (χ3v) is 7.25. The molecule has 2 fully saturated rings. The fourth-order valence-corrected chi connectivity index (χ4v) is 5.18. The quantitative estimate of drug-likeness (QED) is 0.636. The molecule has 160 valence electrons. The van der Waals surface area contributed by atoms with Crippen LogP contribution in [0.5, 0.6) is 5.75 Å². The van der Waals surface area contributed by atoms with Gasteiger partial charge in [-0.1, -0.05) is 23.8 Å². The molecule has 1 aromatic heterocycles. The van der Waals surface area contributed by atoms with E-state index in [1.54, 1.807) is 30.5 Å². The average molecular weight is 439 g/mol. The lowest BCUT2D eigenvalue weighted by molar-refractivity contribution is -0.121. The molecule has 0 spiro atoms. The first-order valence-electron chi connectivity index (χ1n) is 10.2. The summed E-state index contributed by atoms with van der Waals surface area (Å²) in [6, 6.07) is 13.9. The highest BCUT2D eigenvalue weighted by molar-refractivity contribution is 7.90. The third kappa shape index (κ3) is 3.55. The van der Waals surface area contributed by atoms with E-state index in [1.165, 1.54) is 6.07 Å². The van der Waals surface area contributed by atoms with Gasteiger partial charge in [0.05, 0.1) is 29.0 Å². The van der Waals surface area contributed by atoms with E-state index >= 15 is 0 Å². The summed E-state index contributed by atoms with van der Waals surface area (Å²) < 4.78 is 39.8. The third-order valence-electron chi connectivity index (χ3n) is 5.86. The number of sulfonamides is 1. The van der Waals surface area contributed by atoms with Gasteiger partial charge < -0.3 is 9.47 Å². The highest BCUT2D eigenvalue weighted by Crippen LogP contribution is 2.52. The molecule has 5 rings (SSSR count). The van der Waals surface area contributed by atoms with Crippen LogP contribution in [0.1, 0.15) is 24.0 Å². The molecule has 0 unspecified atom stereocenters. The molecule has 1 saturated carbocycles. The molecule has 0 atom stereocenters. The largest absolute Gasteiger partial charge is 0.485 e. The molecule has 1 N–H and O–H groups in total. The Kier molecular flexibility index (Phi) is 4.71. The Morgan fingerprint density at radius 1 is 1.16 bits per heavy atom. The first kappa shape index (κ1) is 20.0. The number of carbonyl (C=O) groups is 1. The molecule has 1 saturated heterocycles. The van der Waals surface area contributed by atoms with E-state index in [2.05, 4.69) is 9.71 Å². The molecular weight excluding hydrogens is 416 g/mol. The maximum atomic E-state index is 13.3. The van der Waals surface area contributed by atoms with Crippen molar-refractivity contribution in [1.82, 2.24) is 9.71 Å². The fraction of sp³-hybridized carbons (Fsp3) is 0.304. The Bertz CT molecular complexity index is 1270. The number of rotatable bonds is 6. The number of hydrogen-bond donors (Lipinski definition) is 1. The van der Waals surface area contributed by atoms with Gasteiger partial charge in [-0.3, -0.25) is 9.78 Å². The maximum Gasteiger partial charge on any atom is 0.264 e. The number of carbonyl (C=O) groups excluding carboxylic acids is 1. The number of nitrogens with zero attached hydrogens (tertiary/aromatic N) is 1. The minimum atomic E-state index is -4.08. The van der Waals surface area contributed by atoms with E-state index in [0.717, 1.165) is 11.1 Å². The summed E-state index contributed by atoms with van der Waals surface area (Å²) in [5.41, 5.74) is 1.35. The topological polar surface area (TPSA) is 94.6 Å². The van der Waals surface area contributed by atoms with Crippen molar-refractivity contribution in [3.8, 4) is 5.75 Å². The lowest BCUT2D eigenvalue weighted by atomic mass is 9.93. The van der Waals surface area contributed by atoms with Crippen LogP contribution < -0.4 is 9.46 Å². The van der Waals surface area contributed by atoms with E-state index in [1.807, 2.05) is 25.1 Å². The van der Waals surface area contributed by atoms with Gasteiger partial charge in [-0.25, -0.2) is 13.1 Å². The second-order valence-electron chi connectivity index (χ2n) is 8.12. The molecule has 1 aliphatic heterocycles. The number of benzene rings is 2. The monoisotopic (exact) mass is 438 g/mol. The number of pyridine rings is 1. The van der Waals surface area contributed by atoms with Crippen LogP contribution in [0.15, 0.2) is 59.6 Å². The van der Waals surface area contributed by atoms with Crippen molar-refractivity contribution >= 4 is 26.8 Å². The predicted octanol–water partition coefficient (Wildman–Crippen LogP) is 2.86. The normalized spacial score (nSPS) is 17.7. The Morgan fingerprint density at radius 2 is 1.97 bits per heavy atom. The molecule has 2 aliphatic rings. The molecule has 1 aliphatic carbocycles. The number of aromatic nitrogens is 1. The van der Waals surface area contributed by atoms with E-state index in [-0.39, 0.29) is 11.0 Å². The zero-order valence-electron chi connectivity index (χ0n) is 17.0. The van der Waals surface area contributed by atoms with Crippen LogP contribution in [-0.4, -0.2) is 38.6 Å². The molecule has 2 heterocycles. The SMILES string of the molecule is Cc1ccc(OC2COC2)c(C2(C(=O)NS(=O)(=O)c3cccc4ncccc34)CC2)c1. The number of hydrogen-bond acceptors (Lipinski definition) is 6. The molecule has 31 heavy (non-hydrogen) atoms. The first-order chi connectivity index (χ1) is 14.9. The molecule has 0 bridgehead atoms. The van der Waals surface area contributed by atoms with E-state index in [9.17, 15) is 13.2 Å². The van der Waals surface area contributed by atoms with Crippen molar-refractivity contribution in [2.24, 2.45) is 0 Å². The van der Waals surface area contributed by atoms with Gasteiger partial charge in [-0.05, 0) is 50.1 Å². The Morgan fingerprint density at radius 3 is 2.68 bits per heavy atom. The number of amides is 1. The highest BCUT2D eigenvalue weighted by atomic mass is 32.2. The van der Waals surface area contributed by atoms with Crippen LogP contribution in [0.25, 0.3) is 10.9 Å². The minimum absolute atomic E-state index is 0.0367. The van der Waals surface area contributed by atoms with Crippen LogP contribution in [0.4, 0.5) is 0 Å². The summed E-state index contributed by atoms with van der Waals surface area (Å²) in [5, 5.41) is 0.472. The first-order valence-corrected chi connectivity index (χ1v) is 11.6. The fourth-order valence-electron chi connectivity index (χ4n) is 3.91. The Hall–Kier alpha value is -2.97. The maximum absolute atomic E-state index is 13.3. The van der Waals surface area contributed by atoms with Gasteiger partial charge in [0.25, 0.3) is 10.0 Å². The van der Waals surface area contributed by atoms with E-state index in [0.29, 0.717) is 42.7 Å². The second kappa shape index (κ2) is 7.32. The molecule has 1 amide bonds. The Balaban J connectivity index is 1.47. The van der Waals surface area contributed by atoms with Gasteiger partial charge in [-0.15, -0.1) is 0 Å². The summed E-state index contributed by atoms with van der Waals surface area (Å²) >= 11 is 0. The number of nitrogens with one attached hydrogen (secondary N) is 1. The summed E-state index contributed by atoms with van der Waals surface area (Å²) in [6.45, 7) is 2.96. The van der Waals surface area contributed by atoms with Crippen molar-refractivity contribution in [2.45, 2.75) is 36.2 Å². The van der Waals surface area contributed by atoms with Gasteiger partial charge >= 0.3 is 0 Å². The molecular formula is C23H22N2O5S. The van der Waals surface area contributed by atoms with Crippen LogP contribution in [0.2, 0.25) is 0 Å².